The molecule has 1 fully saturated rings. The fourth-order valence-electron chi connectivity index (χ4n) is 3.16. The molecule has 24 heavy (non-hydrogen) atoms. The fourth-order valence-corrected chi connectivity index (χ4v) is 3.83. The molecule has 1 aromatic carbocycles. The van der Waals surface area contributed by atoms with Crippen LogP contribution in [0.4, 0.5) is 0 Å². The van der Waals surface area contributed by atoms with Crippen LogP contribution in [0.5, 0.6) is 5.75 Å². The van der Waals surface area contributed by atoms with Gasteiger partial charge >= 0.3 is 5.97 Å². The zero-order valence-corrected chi connectivity index (χ0v) is 14.7. The predicted octanol–water partition coefficient (Wildman–Crippen LogP) is 3.86. The Hall–Kier alpha value is -1.85. The second kappa shape index (κ2) is 7.81. The number of nitrogens with zero attached hydrogens (tertiary/aromatic N) is 1. The van der Waals surface area contributed by atoms with Crippen molar-refractivity contribution in [2.24, 2.45) is 5.92 Å². The van der Waals surface area contributed by atoms with Crippen molar-refractivity contribution >= 4 is 17.3 Å². The van der Waals surface area contributed by atoms with Crippen LogP contribution in [0.1, 0.15) is 30.9 Å². The van der Waals surface area contributed by atoms with Crippen LogP contribution in [0.3, 0.4) is 0 Å². The molecule has 4 nitrogen and oxygen atoms in total. The molecule has 2 unspecified atom stereocenters. The fraction of sp³-hybridized carbons (Fsp3) is 0.421. The standard InChI is InChI=1S/C19H23NO3S/c1-2-20-9-7-16(19(21)22)12-18(20)23-17-5-3-14(4-6-17)11-15-8-10-24-13-15/h3-6,8,10,13,16,18H,2,7,9,11-12H2,1H3,(H,21,22). The van der Waals surface area contributed by atoms with Gasteiger partial charge in [-0.05, 0) is 59.5 Å². The van der Waals surface area contributed by atoms with Crippen molar-refractivity contribution in [2.45, 2.75) is 32.4 Å². The number of carboxylic acids is 1. The number of carbonyl (C=O) groups is 1. The molecule has 2 atom stereocenters. The normalized spacial score (nSPS) is 21.5. The minimum Gasteiger partial charge on any atom is -0.481 e. The van der Waals surface area contributed by atoms with Crippen molar-refractivity contribution in [2.75, 3.05) is 13.1 Å². The Kier molecular flexibility index (Phi) is 5.53. The van der Waals surface area contributed by atoms with Crippen molar-refractivity contribution < 1.29 is 14.6 Å². The molecule has 2 aromatic rings. The Bertz CT molecular complexity index is 654. The minimum absolute atomic E-state index is 0.160. The molecule has 2 heterocycles. The topological polar surface area (TPSA) is 49.8 Å². The van der Waals surface area contributed by atoms with Crippen LogP contribution >= 0.6 is 11.3 Å². The largest absolute Gasteiger partial charge is 0.481 e. The van der Waals surface area contributed by atoms with Gasteiger partial charge in [0, 0.05) is 13.0 Å². The number of aliphatic carboxylic acids is 1. The second-order valence-corrected chi connectivity index (χ2v) is 6.99. The van der Waals surface area contributed by atoms with Crippen LogP contribution < -0.4 is 4.74 Å². The zero-order chi connectivity index (χ0) is 16.9. The summed E-state index contributed by atoms with van der Waals surface area (Å²) >= 11 is 1.71. The van der Waals surface area contributed by atoms with E-state index in [0.29, 0.717) is 12.8 Å². The van der Waals surface area contributed by atoms with E-state index < -0.39 is 5.97 Å². The molecule has 3 rings (SSSR count). The number of hydrogen-bond donors (Lipinski definition) is 1. The van der Waals surface area contributed by atoms with Crippen LogP contribution in [0, 0.1) is 5.92 Å². The van der Waals surface area contributed by atoms with Gasteiger partial charge in [0.2, 0.25) is 0 Å². The summed E-state index contributed by atoms with van der Waals surface area (Å²) in [7, 11) is 0. The number of likely N-dealkylation sites (tertiary alicyclic amines) is 1. The van der Waals surface area contributed by atoms with Gasteiger partial charge in [-0.3, -0.25) is 9.69 Å². The number of thiophene rings is 1. The Morgan fingerprint density at radius 3 is 2.71 bits per heavy atom. The third kappa shape index (κ3) is 4.16. The summed E-state index contributed by atoms with van der Waals surface area (Å²) in [5.41, 5.74) is 2.57. The highest BCUT2D eigenvalue weighted by molar-refractivity contribution is 7.07. The Labute approximate surface area is 146 Å². The second-order valence-electron chi connectivity index (χ2n) is 6.21. The molecule has 0 spiro atoms. The number of ether oxygens (including phenoxy) is 1. The van der Waals surface area contributed by atoms with Gasteiger partial charge in [0.25, 0.3) is 0 Å². The lowest BCUT2D eigenvalue weighted by Crippen LogP contribution is -2.47. The summed E-state index contributed by atoms with van der Waals surface area (Å²) < 4.78 is 6.09. The Morgan fingerprint density at radius 2 is 2.08 bits per heavy atom. The molecule has 1 aromatic heterocycles. The van der Waals surface area contributed by atoms with Gasteiger partial charge in [0.05, 0.1) is 5.92 Å². The van der Waals surface area contributed by atoms with E-state index in [1.165, 1.54) is 11.1 Å². The molecule has 0 amide bonds. The Morgan fingerprint density at radius 1 is 1.29 bits per heavy atom. The van der Waals surface area contributed by atoms with E-state index in [1.54, 1.807) is 11.3 Å². The molecule has 0 aliphatic carbocycles. The third-order valence-electron chi connectivity index (χ3n) is 4.60. The van der Waals surface area contributed by atoms with Gasteiger partial charge in [-0.15, -0.1) is 0 Å². The number of rotatable bonds is 6. The van der Waals surface area contributed by atoms with E-state index >= 15 is 0 Å². The van der Waals surface area contributed by atoms with Gasteiger partial charge in [0.1, 0.15) is 5.75 Å². The quantitative estimate of drug-likeness (QED) is 0.864. The van der Waals surface area contributed by atoms with Crippen molar-refractivity contribution in [1.82, 2.24) is 4.90 Å². The van der Waals surface area contributed by atoms with E-state index in [0.717, 1.165) is 25.3 Å². The van der Waals surface area contributed by atoms with Crippen LogP contribution in [0.2, 0.25) is 0 Å². The Balaban J connectivity index is 1.64. The highest BCUT2D eigenvalue weighted by atomic mass is 32.1. The summed E-state index contributed by atoms with van der Waals surface area (Å²) in [5, 5.41) is 13.5. The monoisotopic (exact) mass is 345 g/mol. The molecular formula is C19H23NO3S. The first-order chi connectivity index (χ1) is 11.7. The van der Waals surface area contributed by atoms with Crippen LogP contribution in [0.15, 0.2) is 41.1 Å². The first kappa shape index (κ1) is 17.0. The molecule has 128 valence electrons. The highest BCUT2D eigenvalue weighted by Crippen LogP contribution is 2.26. The van der Waals surface area contributed by atoms with Crippen molar-refractivity contribution in [3.05, 3.63) is 52.2 Å². The van der Waals surface area contributed by atoms with E-state index in [2.05, 4.69) is 40.8 Å². The minimum atomic E-state index is -0.717. The summed E-state index contributed by atoms with van der Waals surface area (Å²) in [6.45, 7) is 3.73. The smallest absolute Gasteiger partial charge is 0.306 e. The molecule has 1 aliphatic heterocycles. The van der Waals surface area contributed by atoms with Crippen molar-refractivity contribution in [3.8, 4) is 5.75 Å². The lowest BCUT2D eigenvalue weighted by atomic mass is 9.95. The summed E-state index contributed by atoms with van der Waals surface area (Å²) in [5.74, 6) is -0.223. The van der Waals surface area contributed by atoms with Crippen LogP contribution in [0.25, 0.3) is 0 Å². The number of hydrogen-bond acceptors (Lipinski definition) is 4. The average molecular weight is 345 g/mol. The maximum Gasteiger partial charge on any atom is 0.306 e. The summed E-state index contributed by atoms with van der Waals surface area (Å²) in [4.78, 5) is 13.5. The third-order valence-corrected chi connectivity index (χ3v) is 5.33. The average Bonchev–Trinajstić information content (AvgIpc) is 3.09. The molecular weight excluding hydrogens is 322 g/mol. The number of benzene rings is 1. The predicted molar refractivity (Wildman–Crippen MR) is 95.6 cm³/mol. The lowest BCUT2D eigenvalue weighted by molar-refractivity contribution is -0.146. The van der Waals surface area contributed by atoms with Crippen molar-refractivity contribution in [3.63, 3.8) is 0 Å². The highest BCUT2D eigenvalue weighted by Gasteiger charge is 2.32. The maximum atomic E-state index is 11.3. The van der Waals surface area contributed by atoms with E-state index in [4.69, 9.17) is 4.74 Å². The van der Waals surface area contributed by atoms with Gasteiger partial charge < -0.3 is 9.84 Å². The first-order valence-electron chi connectivity index (χ1n) is 8.39. The maximum absolute atomic E-state index is 11.3. The SMILES string of the molecule is CCN1CCC(C(=O)O)CC1Oc1ccc(Cc2ccsc2)cc1. The zero-order valence-electron chi connectivity index (χ0n) is 13.9. The molecule has 0 radical (unpaired) electrons. The van der Waals surface area contributed by atoms with Gasteiger partial charge in [-0.1, -0.05) is 19.1 Å². The first-order valence-corrected chi connectivity index (χ1v) is 9.33. The number of piperidine rings is 1. The van der Waals surface area contributed by atoms with Gasteiger partial charge in [-0.2, -0.15) is 11.3 Å². The molecule has 5 heteroatoms. The molecule has 0 saturated carbocycles. The molecule has 1 aliphatic rings. The van der Waals surface area contributed by atoms with Crippen LogP contribution in [-0.4, -0.2) is 35.3 Å². The van der Waals surface area contributed by atoms with E-state index in [1.807, 2.05) is 12.1 Å². The number of carboxylic acid groups (broad SMARTS) is 1. The lowest BCUT2D eigenvalue weighted by Gasteiger charge is -2.37. The summed E-state index contributed by atoms with van der Waals surface area (Å²) in [6, 6.07) is 10.3. The van der Waals surface area contributed by atoms with Gasteiger partial charge in [-0.25, -0.2) is 0 Å². The summed E-state index contributed by atoms with van der Waals surface area (Å²) in [6.07, 6.45) is 2.00. The molecule has 1 N–H and O–H groups in total. The van der Waals surface area contributed by atoms with Gasteiger partial charge in [0.15, 0.2) is 6.23 Å². The van der Waals surface area contributed by atoms with E-state index in [-0.39, 0.29) is 12.1 Å². The molecule has 1 saturated heterocycles. The van der Waals surface area contributed by atoms with E-state index in [9.17, 15) is 9.90 Å². The van der Waals surface area contributed by atoms with Crippen molar-refractivity contribution in [1.29, 1.82) is 0 Å². The molecule has 0 bridgehead atoms. The van der Waals surface area contributed by atoms with Crippen LogP contribution in [-0.2, 0) is 11.2 Å².